The molecule has 0 saturated carbocycles. The summed E-state index contributed by atoms with van der Waals surface area (Å²) in [4.78, 5) is 0. The van der Waals surface area contributed by atoms with E-state index in [1.165, 1.54) is 5.56 Å². The van der Waals surface area contributed by atoms with Crippen LogP contribution in [0.2, 0.25) is 0 Å². The molecule has 0 radical (unpaired) electrons. The standard InChI is InChI=1S/C53H30N4/c54-31-34-24-38(37-22-23-49(42(28-37)33-56)57-50-20-10-8-14-43(50)44-15-9-11-21-51(44)57)29-39(25-34)40-26-35(32-55)27-41(30-40)53-47-18-6-4-16-45(47)52(36-12-2-1-3-13-36)46-17-5-7-19-48(46)53/h1-30H. The summed E-state index contributed by atoms with van der Waals surface area (Å²) in [5.41, 5.74) is 11.9. The molecule has 0 saturated heterocycles. The number of fused-ring (bicyclic) bond motifs is 5. The number of benzene rings is 9. The van der Waals surface area contributed by atoms with E-state index in [-0.39, 0.29) is 0 Å². The average Bonchev–Trinajstić information content (AvgIpc) is 3.62. The van der Waals surface area contributed by atoms with Crippen molar-refractivity contribution in [1.82, 2.24) is 4.57 Å². The number of hydrogen-bond donors (Lipinski definition) is 0. The highest BCUT2D eigenvalue weighted by Crippen LogP contribution is 2.45. The predicted molar refractivity (Wildman–Crippen MR) is 232 cm³/mol. The number of aromatic nitrogens is 1. The van der Waals surface area contributed by atoms with Gasteiger partial charge in [-0.25, -0.2) is 0 Å². The second-order valence-electron chi connectivity index (χ2n) is 14.2. The van der Waals surface area contributed by atoms with Crippen molar-refractivity contribution in [3.05, 3.63) is 199 Å². The predicted octanol–water partition coefficient (Wildman–Crippen LogP) is 13.4. The smallest absolute Gasteiger partial charge is 0.101 e. The SMILES string of the molecule is N#Cc1cc(-c2cc(C#N)cc(-c3c4ccccc4c(-c4ccccc4)c4ccccc34)c2)cc(-c2ccc(-n3c4ccccc4c4ccccc43)c(C#N)c2)c1. The van der Waals surface area contributed by atoms with E-state index in [0.29, 0.717) is 16.7 Å². The molecule has 10 rings (SSSR count). The summed E-state index contributed by atoms with van der Waals surface area (Å²) in [5, 5.41) is 37.9. The quantitative estimate of drug-likeness (QED) is 0.166. The Bertz CT molecular complexity index is 3280. The molecular formula is C53H30N4. The van der Waals surface area contributed by atoms with Crippen molar-refractivity contribution >= 4 is 43.4 Å². The molecule has 0 spiro atoms. The van der Waals surface area contributed by atoms with Crippen molar-refractivity contribution in [2.24, 2.45) is 0 Å². The maximum absolute atomic E-state index is 10.5. The summed E-state index contributed by atoms with van der Waals surface area (Å²) in [5.74, 6) is 0. The van der Waals surface area contributed by atoms with Crippen molar-refractivity contribution in [2.75, 3.05) is 0 Å². The Morgan fingerprint density at radius 1 is 0.316 bits per heavy atom. The van der Waals surface area contributed by atoms with Gasteiger partial charge in [0.25, 0.3) is 0 Å². The van der Waals surface area contributed by atoms with Crippen LogP contribution in [0.1, 0.15) is 16.7 Å². The normalized spacial score (nSPS) is 11.1. The molecule has 0 aliphatic carbocycles. The molecule has 0 aliphatic rings. The molecule has 1 heterocycles. The third-order valence-corrected chi connectivity index (χ3v) is 11.0. The lowest BCUT2D eigenvalue weighted by Crippen LogP contribution is -1.98. The van der Waals surface area contributed by atoms with Crippen LogP contribution in [-0.4, -0.2) is 4.57 Å². The molecule has 0 amide bonds. The third-order valence-electron chi connectivity index (χ3n) is 11.0. The first-order valence-corrected chi connectivity index (χ1v) is 18.8. The summed E-state index contributed by atoms with van der Waals surface area (Å²) in [6, 6.07) is 68.8. The van der Waals surface area contributed by atoms with Crippen LogP contribution in [0.25, 0.3) is 93.5 Å². The zero-order valence-corrected chi connectivity index (χ0v) is 30.6. The summed E-state index contributed by atoms with van der Waals surface area (Å²) in [6.45, 7) is 0. The zero-order chi connectivity index (χ0) is 38.5. The van der Waals surface area contributed by atoms with Crippen LogP contribution in [0.5, 0.6) is 0 Å². The van der Waals surface area contributed by atoms with Crippen molar-refractivity contribution in [3.63, 3.8) is 0 Å². The lowest BCUT2D eigenvalue weighted by atomic mass is 9.85. The van der Waals surface area contributed by atoms with Crippen LogP contribution in [0.3, 0.4) is 0 Å². The zero-order valence-electron chi connectivity index (χ0n) is 30.6. The van der Waals surface area contributed by atoms with E-state index in [9.17, 15) is 15.8 Å². The first kappa shape index (κ1) is 33.3. The fraction of sp³-hybridized carbons (Fsp3) is 0. The van der Waals surface area contributed by atoms with Gasteiger partial charge in [-0.05, 0) is 127 Å². The molecule has 0 bridgehead atoms. The van der Waals surface area contributed by atoms with Crippen molar-refractivity contribution in [2.45, 2.75) is 0 Å². The van der Waals surface area contributed by atoms with Gasteiger partial charge < -0.3 is 4.57 Å². The van der Waals surface area contributed by atoms with E-state index >= 15 is 0 Å². The first-order valence-electron chi connectivity index (χ1n) is 18.8. The van der Waals surface area contributed by atoms with E-state index < -0.39 is 0 Å². The fourth-order valence-corrected chi connectivity index (χ4v) is 8.57. The van der Waals surface area contributed by atoms with Crippen molar-refractivity contribution in [3.8, 4) is 68.4 Å². The van der Waals surface area contributed by atoms with Crippen LogP contribution >= 0.6 is 0 Å². The minimum atomic E-state index is 0.486. The molecule has 0 atom stereocenters. The van der Waals surface area contributed by atoms with Gasteiger partial charge >= 0.3 is 0 Å². The molecule has 1 aromatic heterocycles. The molecule has 10 aromatic rings. The van der Waals surface area contributed by atoms with E-state index in [2.05, 4.69) is 126 Å². The Kier molecular flexibility index (Phi) is 7.94. The Labute approximate surface area is 329 Å². The van der Waals surface area contributed by atoms with Crippen LogP contribution in [0.15, 0.2) is 182 Å². The van der Waals surface area contributed by atoms with Gasteiger partial charge in [-0.3, -0.25) is 0 Å². The van der Waals surface area contributed by atoms with Gasteiger partial charge in [-0.2, -0.15) is 15.8 Å². The van der Waals surface area contributed by atoms with Gasteiger partial charge in [0, 0.05) is 10.8 Å². The highest BCUT2D eigenvalue weighted by molar-refractivity contribution is 6.21. The van der Waals surface area contributed by atoms with Gasteiger partial charge in [-0.15, -0.1) is 0 Å². The highest BCUT2D eigenvalue weighted by Gasteiger charge is 2.19. The first-order chi connectivity index (χ1) is 28.1. The number of nitriles is 3. The Hall–Kier alpha value is -8.23. The molecule has 0 fully saturated rings. The Morgan fingerprint density at radius 2 is 0.737 bits per heavy atom. The lowest BCUT2D eigenvalue weighted by molar-refractivity contribution is 1.17. The molecule has 0 N–H and O–H groups in total. The van der Waals surface area contributed by atoms with E-state index in [1.807, 2.05) is 78.9 Å². The summed E-state index contributed by atoms with van der Waals surface area (Å²) in [7, 11) is 0. The van der Waals surface area contributed by atoms with Crippen LogP contribution < -0.4 is 0 Å². The molecule has 4 nitrogen and oxygen atoms in total. The van der Waals surface area contributed by atoms with Gasteiger partial charge in [0.15, 0.2) is 0 Å². The van der Waals surface area contributed by atoms with Crippen LogP contribution in [-0.2, 0) is 0 Å². The highest BCUT2D eigenvalue weighted by atomic mass is 15.0. The molecular weight excluding hydrogens is 693 g/mol. The molecule has 0 aliphatic heterocycles. The van der Waals surface area contributed by atoms with E-state index in [0.717, 1.165) is 88.0 Å². The Balaban J connectivity index is 1.14. The summed E-state index contributed by atoms with van der Waals surface area (Å²) < 4.78 is 2.15. The second kappa shape index (κ2) is 13.6. The van der Waals surface area contributed by atoms with Gasteiger partial charge in [0.1, 0.15) is 6.07 Å². The summed E-state index contributed by atoms with van der Waals surface area (Å²) in [6.07, 6.45) is 0. The average molecular weight is 723 g/mol. The molecule has 4 heteroatoms. The second-order valence-corrected chi connectivity index (χ2v) is 14.2. The molecule has 262 valence electrons. The number of hydrogen-bond acceptors (Lipinski definition) is 3. The monoisotopic (exact) mass is 722 g/mol. The largest absolute Gasteiger partial charge is 0.308 e. The minimum absolute atomic E-state index is 0.486. The maximum Gasteiger partial charge on any atom is 0.101 e. The van der Waals surface area contributed by atoms with Crippen LogP contribution in [0.4, 0.5) is 0 Å². The van der Waals surface area contributed by atoms with E-state index in [4.69, 9.17) is 0 Å². The lowest BCUT2D eigenvalue weighted by Gasteiger charge is -2.18. The summed E-state index contributed by atoms with van der Waals surface area (Å²) >= 11 is 0. The fourth-order valence-electron chi connectivity index (χ4n) is 8.57. The molecule has 9 aromatic carbocycles. The number of para-hydroxylation sites is 2. The molecule has 0 unspecified atom stereocenters. The van der Waals surface area contributed by atoms with Crippen molar-refractivity contribution < 1.29 is 0 Å². The Morgan fingerprint density at radius 3 is 1.25 bits per heavy atom. The third kappa shape index (κ3) is 5.51. The number of nitrogens with zero attached hydrogens (tertiary/aromatic N) is 4. The number of rotatable bonds is 5. The van der Waals surface area contributed by atoms with Gasteiger partial charge in [0.2, 0.25) is 0 Å². The van der Waals surface area contributed by atoms with Crippen LogP contribution in [0, 0.1) is 34.0 Å². The minimum Gasteiger partial charge on any atom is -0.308 e. The topological polar surface area (TPSA) is 76.3 Å². The van der Waals surface area contributed by atoms with E-state index in [1.54, 1.807) is 0 Å². The van der Waals surface area contributed by atoms with Gasteiger partial charge in [-0.1, -0.05) is 121 Å². The van der Waals surface area contributed by atoms with Gasteiger partial charge in [0.05, 0.1) is 45.5 Å². The maximum atomic E-state index is 10.5. The van der Waals surface area contributed by atoms with Crippen molar-refractivity contribution in [1.29, 1.82) is 15.8 Å². The molecule has 57 heavy (non-hydrogen) atoms.